The number of rotatable bonds is 3. The molecule has 8 nitrogen and oxygen atoms in total. The van der Waals surface area contributed by atoms with E-state index in [0.29, 0.717) is 24.1 Å². The molecule has 0 saturated heterocycles. The second-order valence-electron chi connectivity index (χ2n) is 6.30. The summed E-state index contributed by atoms with van der Waals surface area (Å²) in [5.41, 5.74) is 4.60. The van der Waals surface area contributed by atoms with Crippen LogP contribution in [-0.4, -0.2) is 45.7 Å². The van der Waals surface area contributed by atoms with E-state index >= 15 is 0 Å². The fourth-order valence-corrected chi connectivity index (χ4v) is 3.33. The van der Waals surface area contributed by atoms with E-state index in [9.17, 15) is 9.59 Å². The highest BCUT2D eigenvalue weighted by atomic mass is 16.5. The van der Waals surface area contributed by atoms with E-state index in [1.807, 2.05) is 19.1 Å². The first-order valence-corrected chi connectivity index (χ1v) is 8.45. The number of carbonyl (C=O) groups excluding carboxylic acids is 2. The van der Waals surface area contributed by atoms with Crippen LogP contribution in [0.25, 0.3) is 5.69 Å². The number of carbonyl (C=O) groups is 2. The molecule has 0 atom stereocenters. The molecule has 8 heteroatoms. The van der Waals surface area contributed by atoms with Crippen LogP contribution in [0.2, 0.25) is 0 Å². The van der Waals surface area contributed by atoms with Gasteiger partial charge in [-0.15, -0.1) is 5.10 Å². The predicted octanol–water partition coefficient (Wildman–Crippen LogP) is 1.96. The average Bonchev–Trinajstić information content (AvgIpc) is 3.36. The van der Waals surface area contributed by atoms with E-state index in [1.165, 1.54) is 13.4 Å². The predicted molar refractivity (Wildman–Crippen MR) is 97.1 cm³/mol. The highest BCUT2D eigenvalue weighted by Crippen LogP contribution is 2.30. The van der Waals surface area contributed by atoms with Crippen molar-refractivity contribution < 1.29 is 14.3 Å². The summed E-state index contributed by atoms with van der Waals surface area (Å²) in [4.78, 5) is 26.5. The first-order chi connectivity index (χ1) is 13.1. The topological polar surface area (TPSA) is 90.2 Å². The van der Waals surface area contributed by atoms with Gasteiger partial charge in [0.25, 0.3) is 5.91 Å². The van der Waals surface area contributed by atoms with Crippen molar-refractivity contribution in [2.45, 2.75) is 13.3 Å². The highest BCUT2D eigenvalue weighted by molar-refractivity contribution is 6.07. The van der Waals surface area contributed by atoms with Gasteiger partial charge in [0.15, 0.2) is 0 Å². The lowest BCUT2D eigenvalue weighted by molar-refractivity contribution is 0.0600. The van der Waals surface area contributed by atoms with Crippen molar-refractivity contribution in [3.63, 3.8) is 0 Å². The van der Waals surface area contributed by atoms with Gasteiger partial charge in [-0.25, -0.2) is 9.48 Å². The van der Waals surface area contributed by atoms with Gasteiger partial charge in [0.2, 0.25) is 0 Å². The summed E-state index contributed by atoms with van der Waals surface area (Å²) < 4.78 is 6.32. The van der Waals surface area contributed by atoms with Crippen molar-refractivity contribution in [1.82, 2.24) is 20.2 Å². The molecule has 1 aliphatic rings. The molecule has 0 bridgehead atoms. The van der Waals surface area contributed by atoms with Crippen LogP contribution in [0.15, 0.2) is 42.7 Å². The van der Waals surface area contributed by atoms with Gasteiger partial charge in [0, 0.05) is 17.8 Å². The number of nitrogens with zero attached hydrogens (tertiary/aromatic N) is 5. The number of benzene rings is 2. The van der Waals surface area contributed by atoms with Gasteiger partial charge in [-0.2, -0.15) is 0 Å². The molecule has 0 fully saturated rings. The molecule has 4 rings (SSSR count). The summed E-state index contributed by atoms with van der Waals surface area (Å²) in [7, 11) is 1.35. The fourth-order valence-electron chi connectivity index (χ4n) is 3.33. The number of esters is 1. The minimum Gasteiger partial charge on any atom is -0.465 e. The van der Waals surface area contributed by atoms with Crippen LogP contribution in [0.5, 0.6) is 0 Å². The second kappa shape index (κ2) is 6.64. The Morgan fingerprint density at radius 3 is 2.56 bits per heavy atom. The maximum Gasteiger partial charge on any atom is 0.337 e. The molecule has 1 aromatic heterocycles. The minimum absolute atomic E-state index is 0.0778. The van der Waals surface area contributed by atoms with E-state index in [0.717, 1.165) is 22.5 Å². The summed E-state index contributed by atoms with van der Waals surface area (Å²) in [6, 6.07) is 10.7. The van der Waals surface area contributed by atoms with Crippen LogP contribution >= 0.6 is 0 Å². The van der Waals surface area contributed by atoms with Gasteiger partial charge in [-0.3, -0.25) is 4.79 Å². The van der Waals surface area contributed by atoms with Gasteiger partial charge in [-0.1, -0.05) is 0 Å². The summed E-state index contributed by atoms with van der Waals surface area (Å²) in [5.74, 6) is -0.456. The molecule has 0 aliphatic carbocycles. The van der Waals surface area contributed by atoms with Crippen molar-refractivity contribution in [3.05, 3.63) is 65.0 Å². The number of hydrogen-bond donors (Lipinski definition) is 0. The maximum atomic E-state index is 13.0. The van der Waals surface area contributed by atoms with Crippen molar-refractivity contribution in [2.24, 2.45) is 0 Å². The lowest BCUT2D eigenvalue weighted by atomic mass is 10.1. The van der Waals surface area contributed by atoms with Gasteiger partial charge in [0.05, 0.1) is 18.4 Å². The van der Waals surface area contributed by atoms with E-state index in [1.54, 1.807) is 33.8 Å². The molecule has 0 spiro atoms. The molecule has 1 aliphatic heterocycles. The Morgan fingerprint density at radius 1 is 1.07 bits per heavy atom. The summed E-state index contributed by atoms with van der Waals surface area (Å²) in [5, 5.41) is 11.2. The lowest BCUT2D eigenvalue weighted by Crippen LogP contribution is -2.29. The maximum absolute atomic E-state index is 13.0. The quantitative estimate of drug-likeness (QED) is 0.661. The zero-order chi connectivity index (χ0) is 19.0. The third-order valence-corrected chi connectivity index (χ3v) is 4.68. The Balaban J connectivity index is 1.62. The van der Waals surface area contributed by atoms with Gasteiger partial charge < -0.3 is 9.64 Å². The Morgan fingerprint density at radius 2 is 1.85 bits per heavy atom. The summed E-state index contributed by atoms with van der Waals surface area (Å²) >= 11 is 0. The van der Waals surface area contributed by atoms with Crippen LogP contribution in [0.4, 0.5) is 5.69 Å². The van der Waals surface area contributed by atoms with Gasteiger partial charge in [0.1, 0.15) is 6.33 Å². The number of methoxy groups -OCH3 is 1. The Labute approximate surface area is 155 Å². The zero-order valence-electron chi connectivity index (χ0n) is 14.9. The number of anilines is 1. The standard InChI is InChI=1S/C19H17N5O3/c1-12-9-14(3-5-16(12)24-11-20-21-22-24)18(25)23-8-7-13-10-15(19(26)27-2)4-6-17(13)23/h3-6,9-11H,7-8H2,1-2H3. The number of hydrogen-bond acceptors (Lipinski definition) is 6. The summed E-state index contributed by atoms with van der Waals surface area (Å²) in [6.07, 6.45) is 2.22. The molecule has 0 saturated carbocycles. The van der Waals surface area contributed by atoms with Crippen molar-refractivity contribution >= 4 is 17.6 Å². The highest BCUT2D eigenvalue weighted by Gasteiger charge is 2.26. The van der Waals surface area contributed by atoms with E-state index in [4.69, 9.17) is 4.74 Å². The van der Waals surface area contributed by atoms with Crippen LogP contribution in [0.1, 0.15) is 31.8 Å². The van der Waals surface area contributed by atoms with Gasteiger partial charge >= 0.3 is 5.97 Å². The smallest absolute Gasteiger partial charge is 0.337 e. The second-order valence-corrected chi connectivity index (χ2v) is 6.30. The van der Waals surface area contributed by atoms with E-state index < -0.39 is 0 Å². The number of aromatic nitrogens is 4. The number of aryl methyl sites for hydroxylation is 1. The van der Waals surface area contributed by atoms with Crippen LogP contribution in [0, 0.1) is 6.92 Å². The van der Waals surface area contributed by atoms with Gasteiger partial charge in [-0.05, 0) is 71.3 Å². The first kappa shape index (κ1) is 16.9. The zero-order valence-corrected chi connectivity index (χ0v) is 14.9. The summed E-state index contributed by atoms with van der Waals surface area (Å²) in [6.45, 7) is 2.49. The molecule has 27 heavy (non-hydrogen) atoms. The molecule has 2 heterocycles. The van der Waals surface area contributed by atoms with Crippen molar-refractivity contribution in [2.75, 3.05) is 18.6 Å². The van der Waals surface area contributed by atoms with Crippen LogP contribution in [-0.2, 0) is 11.2 Å². The number of ether oxygens (including phenoxy) is 1. The number of amides is 1. The van der Waals surface area contributed by atoms with Crippen molar-refractivity contribution in [1.29, 1.82) is 0 Å². The Bertz CT molecular complexity index is 1030. The Hall–Kier alpha value is -3.55. The molecule has 0 N–H and O–H groups in total. The first-order valence-electron chi connectivity index (χ1n) is 8.45. The normalized spacial score (nSPS) is 12.7. The molecule has 2 aromatic carbocycles. The minimum atomic E-state index is -0.378. The van der Waals surface area contributed by atoms with Crippen LogP contribution < -0.4 is 4.90 Å². The number of fused-ring (bicyclic) bond motifs is 1. The fraction of sp³-hybridized carbons (Fsp3) is 0.211. The van der Waals surface area contributed by atoms with E-state index in [-0.39, 0.29) is 11.9 Å². The molecular formula is C19H17N5O3. The third kappa shape index (κ3) is 2.95. The molecule has 3 aromatic rings. The molecular weight excluding hydrogens is 346 g/mol. The third-order valence-electron chi connectivity index (χ3n) is 4.68. The monoisotopic (exact) mass is 363 g/mol. The Kier molecular flexibility index (Phi) is 4.15. The molecule has 136 valence electrons. The largest absolute Gasteiger partial charge is 0.465 e. The number of tetrazole rings is 1. The molecule has 1 amide bonds. The van der Waals surface area contributed by atoms with Crippen LogP contribution in [0.3, 0.4) is 0 Å². The SMILES string of the molecule is COC(=O)c1ccc2c(c1)CCN2C(=O)c1ccc(-n2cnnn2)c(C)c1. The molecule has 0 unspecified atom stereocenters. The lowest BCUT2D eigenvalue weighted by Gasteiger charge is -2.18. The molecule has 0 radical (unpaired) electrons. The van der Waals surface area contributed by atoms with Crippen molar-refractivity contribution in [3.8, 4) is 5.69 Å². The average molecular weight is 363 g/mol. The van der Waals surface area contributed by atoms with E-state index in [2.05, 4.69) is 15.5 Å².